The van der Waals surface area contributed by atoms with Gasteiger partial charge in [-0.3, -0.25) is 0 Å². The summed E-state index contributed by atoms with van der Waals surface area (Å²) in [6, 6.07) is 11.3. The molecule has 0 aliphatic carbocycles. The number of rotatable bonds is 5. The van der Waals surface area contributed by atoms with Crippen LogP contribution < -0.4 is 10.1 Å². The molecule has 0 bridgehead atoms. The Labute approximate surface area is 143 Å². The maximum Gasteiger partial charge on any atom is 0.120 e. The molecular weight excluding hydrogens is 373 g/mol. The highest BCUT2D eigenvalue weighted by molar-refractivity contribution is 9.10. The zero-order chi connectivity index (χ0) is 15.4. The smallest absolute Gasteiger partial charge is 0.120 e. The van der Waals surface area contributed by atoms with Gasteiger partial charge >= 0.3 is 0 Å². The van der Waals surface area contributed by atoms with Gasteiger partial charge in [-0.25, -0.2) is 0 Å². The molecule has 0 fully saturated rings. The molecular formula is C16H16BrCl2NO. The number of hydrogen-bond donors (Lipinski definition) is 1. The van der Waals surface area contributed by atoms with Crippen LogP contribution >= 0.6 is 39.1 Å². The zero-order valence-corrected chi connectivity index (χ0v) is 14.9. The Kier molecular flexibility index (Phi) is 5.94. The predicted molar refractivity (Wildman–Crippen MR) is 92.7 cm³/mol. The van der Waals surface area contributed by atoms with Crippen LogP contribution in [0.4, 0.5) is 0 Å². The highest BCUT2D eigenvalue weighted by Gasteiger charge is 2.20. The van der Waals surface area contributed by atoms with Crippen molar-refractivity contribution in [2.45, 2.75) is 13.0 Å². The van der Waals surface area contributed by atoms with Crippen molar-refractivity contribution in [3.05, 3.63) is 62.0 Å². The molecule has 2 nitrogen and oxygen atoms in total. The first-order valence-corrected chi connectivity index (χ1v) is 8.16. The summed E-state index contributed by atoms with van der Waals surface area (Å²) in [5, 5.41) is 4.55. The molecule has 2 rings (SSSR count). The minimum atomic E-state index is -0.101. The standard InChI is InChI=1S/C16H16BrCl2NO/c1-3-21-10-7-8-11(12(17)9-10)16(20-2)15-13(18)5-4-6-14(15)19/h4-9,16,20H,3H2,1-2H3. The molecule has 5 heteroatoms. The van der Waals surface area contributed by atoms with Gasteiger partial charge in [0.2, 0.25) is 0 Å². The van der Waals surface area contributed by atoms with Gasteiger partial charge in [0.15, 0.2) is 0 Å². The second-order valence-electron chi connectivity index (χ2n) is 4.47. The van der Waals surface area contributed by atoms with Crippen molar-refractivity contribution in [1.82, 2.24) is 5.32 Å². The molecule has 1 N–H and O–H groups in total. The van der Waals surface area contributed by atoms with Crippen molar-refractivity contribution in [1.29, 1.82) is 0 Å². The normalized spacial score (nSPS) is 12.2. The van der Waals surface area contributed by atoms with E-state index in [4.69, 9.17) is 27.9 Å². The lowest BCUT2D eigenvalue weighted by molar-refractivity contribution is 0.340. The Morgan fingerprint density at radius 3 is 2.38 bits per heavy atom. The van der Waals surface area contributed by atoms with E-state index in [1.54, 1.807) is 0 Å². The summed E-state index contributed by atoms with van der Waals surface area (Å²) in [6.07, 6.45) is 0. The van der Waals surface area contributed by atoms with Crippen molar-refractivity contribution in [2.24, 2.45) is 0 Å². The minimum absolute atomic E-state index is 0.101. The van der Waals surface area contributed by atoms with E-state index in [-0.39, 0.29) is 6.04 Å². The van der Waals surface area contributed by atoms with Crippen molar-refractivity contribution in [3.63, 3.8) is 0 Å². The Morgan fingerprint density at radius 1 is 1.19 bits per heavy atom. The molecule has 0 radical (unpaired) electrons. The molecule has 2 aromatic rings. The van der Waals surface area contributed by atoms with Crippen LogP contribution in [0.25, 0.3) is 0 Å². The second-order valence-corrected chi connectivity index (χ2v) is 6.14. The van der Waals surface area contributed by atoms with Gasteiger partial charge in [0, 0.05) is 20.1 Å². The van der Waals surface area contributed by atoms with Crippen LogP contribution in [0.15, 0.2) is 40.9 Å². The summed E-state index contributed by atoms with van der Waals surface area (Å²) < 4.78 is 6.45. The molecule has 0 aromatic heterocycles. The van der Waals surface area contributed by atoms with Crippen molar-refractivity contribution < 1.29 is 4.74 Å². The van der Waals surface area contributed by atoms with Gasteiger partial charge in [-0.15, -0.1) is 0 Å². The van der Waals surface area contributed by atoms with Crippen molar-refractivity contribution in [2.75, 3.05) is 13.7 Å². The van der Waals surface area contributed by atoms with E-state index < -0.39 is 0 Å². The van der Waals surface area contributed by atoms with E-state index >= 15 is 0 Å². The van der Waals surface area contributed by atoms with Gasteiger partial charge < -0.3 is 10.1 Å². The average Bonchev–Trinajstić information content (AvgIpc) is 2.44. The molecule has 0 amide bonds. The van der Waals surface area contributed by atoms with Crippen LogP contribution in [0.5, 0.6) is 5.75 Å². The van der Waals surface area contributed by atoms with E-state index in [9.17, 15) is 0 Å². The van der Waals surface area contributed by atoms with Gasteiger partial charge in [-0.1, -0.05) is 51.3 Å². The van der Waals surface area contributed by atoms with E-state index in [1.807, 2.05) is 50.4 Å². The van der Waals surface area contributed by atoms with Crippen LogP contribution in [-0.2, 0) is 0 Å². The van der Waals surface area contributed by atoms with Crippen LogP contribution in [0.3, 0.4) is 0 Å². The van der Waals surface area contributed by atoms with E-state index in [2.05, 4.69) is 21.2 Å². The quantitative estimate of drug-likeness (QED) is 0.733. The topological polar surface area (TPSA) is 21.3 Å². The fourth-order valence-electron chi connectivity index (χ4n) is 2.24. The number of hydrogen-bond acceptors (Lipinski definition) is 2. The Hall–Kier alpha value is -0.740. The predicted octanol–water partition coefficient (Wildman–Crippen LogP) is 5.46. The molecule has 112 valence electrons. The van der Waals surface area contributed by atoms with E-state index in [1.165, 1.54) is 0 Å². The third kappa shape index (κ3) is 3.72. The third-order valence-electron chi connectivity index (χ3n) is 3.17. The first kappa shape index (κ1) is 16.6. The van der Waals surface area contributed by atoms with Gasteiger partial charge in [-0.2, -0.15) is 0 Å². The minimum Gasteiger partial charge on any atom is -0.494 e. The SMILES string of the molecule is CCOc1ccc(C(NC)c2c(Cl)cccc2Cl)c(Br)c1. The summed E-state index contributed by atoms with van der Waals surface area (Å²) >= 11 is 16.2. The Balaban J connectivity index is 2.47. The van der Waals surface area contributed by atoms with E-state index in [0.717, 1.165) is 21.3 Å². The Morgan fingerprint density at radius 2 is 1.86 bits per heavy atom. The Bertz CT molecular complexity index is 613. The lowest BCUT2D eigenvalue weighted by Crippen LogP contribution is -2.19. The maximum atomic E-state index is 6.32. The van der Waals surface area contributed by atoms with Crippen LogP contribution in [-0.4, -0.2) is 13.7 Å². The van der Waals surface area contributed by atoms with Crippen molar-refractivity contribution >= 4 is 39.1 Å². The number of benzene rings is 2. The second kappa shape index (κ2) is 7.50. The molecule has 0 saturated heterocycles. The number of nitrogens with one attached hydrogen (secondary N) is 1. The molecule has 0 saturated carbocycles. The molecule has 0 aliphatic rings. The van der Waals surface area contributed by atoms with Gasteiger partial charge in [0.1, 0.15) is 5.75 Å². The molecule has 1 unspecified atom stereocenters. The molecule has 0 heterocycles. The van der Waals surface area contributed by atoms with Gasteiger partial charge in [0.05, 0.1) is 12.6 Å². The number of ether oxygens (including phenoxy) is 1. The first-order valence-electron chi connectivity index (χ1n) is 6.61. The summed E-state index contributed by atoms with van der Waals surface area (Å²) in [5.74, 6) is 0.827. The summed E-state index contributed by atoms with van der Waals surface area (Å²) in [7, 11) is 1.88. The van der Waals surface area contributed by atoms with Crippen LogP contribution in [0.2, 0.25) is 10.0 Å². The highest BCUT2D eigenvalue weighted by atomic mass is 79.9. The monoisotopic (exact) mass is 387 g/mol. The molecule has 0 aliphatic heterocycles. The summed E-state index contributed by atoms with van der Waals surface area (Å²) in [5.41, 5.74) is 1.92. The fourth-order valence-corrected chi connectivity index (χ4v) is 3.44. The van der Waals surface area contributed by atoms with Gasteiger partial charge in [0.25, 0.3) is 0 Å². The molecule has 0 spiro atoms. The first-order chi connectivity index (χ1) is 10.1. The lowest BCUT2D eigenvalue weighted by Gasteiger charge is -2.21. The summed E-state index contributed by atoms with van der Waals surface area (Å²) in [6.45, 7) is 2.60. The van der Waals surface area contributed by atoms with Crippen LogP contribution in [0.1, 0.15) is 24.1 Å². The number of halogens is 3. The molecule has 21 heavy (non-hydrogen) atoms. The lowest BCUT2D eigenvalue weighted by atomic mass is 9.98. The fraction of sp³-hybridized carbons (Fsp3) is 0.250. The van der Waals surface area contributed by atoms with Crippen molar-refractivity contribution in [3.8, 4) is 5.75 Å². The third-order valence-corrected chi connectivity index (χ3v) is 4.52. The van der Waals surface area contributed by atoms with Gasteiger partial charge in [-0.05, 0) is 43.8 Å². The highest BCUT2D eigenvalue weighted by Crippen LogP contribution is 2.37. The largest absolute Gasteiger partial charge is 0.494 e. The zero-order valence-electron chi connectivity index (χ0n) is 11.8. The molecule has 2 aromatic carbocycles. The molecule has 1 atom stereocenters. The van der Waals surface area contributed by atoms with Crippen LogP contribution in [0, 0.1) is 0 Å². The average molecular weight is 389 g/mol. The summed E-state index contributed by atoms with van der Waals surface area (Å²) in [4.78, 5) is 0. The van der Waals surface area contributed by atoms with E-state index in [0.29, 0.717) is 16.7 Å². The maximum absolute atomic E-state index is 6.32.